The maximum Gasteiger partial charge on any atom is 0.231 e. The van der Waals surface area contributed by atoms with Gasteiger partial charge >= 0.3 is 0 Å². The molecule has 1 heterocycles. The minimum Gasteiger partial charge on any atom is -0.454 e. The lowest BCUT2D eigenvalue weighted by Gasteiger charge is -2.20. The molecule has 1 saturated carbocycles. The van der Waals surface area contributed by atoms with E-state index in [1.54, 1.807) is 0 Å². The average Bonchev–Trinajstić information content (AvgIpc) is 3.05. The third kappa shape index (κ3) is 2.46. The molecule has 1 aromatic carbocycles. The first-order valence-corrected chi connectivity index (χ1v) is 6.95. The highest BCUT2D eigenvalue weighted by Crippen LogP contribution is 2.32. The normalized spacial score (nSPS) is 20.3. The van der Waals surface area contributed by atoms with E-state index in [0.29, 0.717) is 12.8 Å². The highest BCUT2D eigenvalue weighted by Gasteiger charge is 2.21. The zero-order valence-corrected chi connectivity index (χ0v) is 10.9. The standard InChI is InChI=1S/C15H21NO2/c1-11(13-4-2-3-5-13)16-9-12-6-7-14-15(8-12)18-10-17-14/h6-8,11,13,16H,2-5,9-10H2,1H3/t11-/m0/s1. The van der Waals surface area contributed by atoms with Crippen molar-refractivity contribution in [2.75, 3.05) is 6.79 Å². The molecule has 0 spiro atoms. The molecule has 3 heteroatoms. The second-order valence-corrected chi connectivity index (χ2v) is 5.40. The Morgan fingerprint density at radius 3 is 2.83 bits per heavy atom. The quantitative estimate of drug-likeness (QED) is 0.887. The van der Waals surface area contributed by atoms with Crippen molar-refractivity contribution in [2.45, 2.75) is 45.2 Å². The summed E-state index contributed by atoms with van der Waals surface area (Å²) < 4.78 is 10.7. The van der Waals surface area contributed by atoms with Crippen LogP contribution in [0.15, 0.2) is 18.2 Å². The Labute approximate surface area is 108 Å². The van der Waals surface area contributed by atoms with Crippen LogP contribution < -0.4 is 14.8 Å². The molecular weight excluding hydrogens is 226 g/mol. The van der Waals surface area contributed by atoms with Gasteiger partial charge in [-0.3, -0.25) is 0 Å². The maximum atomic E-state index is 5.40. The van der Waals surface area contributed by atoms with E-state index in [9.17, 15) is 0 Å². The summed E-state index contributed by atoms with van der Waals surface area (Å²) in [6.07, 6.45) is 5.58. The molecule has 1 aliphatic heterocycles. The first-order valence-electron chi connectivity index (χ1n) is 6.95. The minimum atomic E-state index is 0.352. The topological polar surface area (TPSA) is 30.5 Å². The smallest absolute Gasteiger partial charge is 0.231 e. The number of ether oxygens (including phenoxy) is 2. The second kappa shape index (κ2) is 5.19. The number of hydrogen-bond acceptors (Lipinski definition) is 3. The predicted octanol–water partition coefficient (Wildman–Crippen LogP) is 3.08. The fourth-order valence-corrected chi connectivity index (χ4v) is 2.95. The van der Waals surface area contributed by atoms with Gasteiger partial charge in [0.2, 0.25) is 6.79 Å². The lowest BCUT2D eigenvalue weighted by Crippen LogP contribution is -2.31. The van der Waals surface area contributed by atoms with E-state index in [1.807, 2.05) is 6.07 Å². The van der Waals surface area contributed by atoms with Crippen molar-refractivity contribution in [3.8, 4) is 11.5 Å². The third-order valence-corrected chi connectivity index (χ3v) is 4.17. The zero-order valence-electron chi connectivity index (χ0n) is 10.9. The van der Waals surface area contributed by atoms with Gasteiger partial charge in [0, 0.05) is 12.6 Å². The summed E-state index contributed by atoms with van der Waals surface area (Å²) in [5.74, 6) is 2.60. The summed E-state index contributed by atoms with van der Waals surface area (Å²) in [7, 11) is 0. The number of benzene rings is 1. The Bertz CT molecular complexity index is 413. The summed E-state index contributed by atoms with van der Waals surface area (Å²) in [5.41, 5.74) is 1.27. The molecule has 0 amide bonds. The van der Waals surface area contributed by atoms with Crippen LogP contribution in [0.5, 0.6) is 11.5 Å². The average molecular weight is 247 g/mol. The highest BCUT2D eigenvalue weighted by molar-refractivity contribution is 5.44. The maximum absolute atomic E-state index is 5.40. The Morgan fingerprint density at radius 1 is 1.22 bits per heavy atom. The molecule has 18 heavy (non-hydrogen) atoms. The van der Waals surface area contributed by atoms with E-state index in [1.165, 1.54) is 31.2 Å². The van der Waals surface area contributed by atoms with Gasteiger partial charge in [-0.05, 0) is 43.4 Å². The van der Waals surface area contributed by atoms with Crippen LogP contribution in [0, 0.1) is 5.92 Å². The molecule has 0 saturated heterocycles. The van der Waals surface area contributed by atoms with Crippen LogP contribution >= 0.6 is 0 Å². The molecule has 2 aliphatic rings. The van der Waals surface area contributed by atoms with E-state index in [4.69, 9.17) is 9.47 Å². The van der Waals surface area contributed by atoms with Gasteiger partial charge in [-0.1, -0.05) is 18.9 Å². The van der Waals surface area contributed by atoms with Crippen LogP contribution in [0.25, 0.3) is 0 Å². The summed E-state index contributed by atoms with van der Waals surface area (Å²) in [6, 6.07) is 6.80. The first kappa shape index (κ1) is 11.8. The molecule has 0 radical (unpaired) electrons. The fourth-order valence-electron chi connectivity index (χ4n) is 2.95. The van der Waals surface area contributed by atoms with Crippen molar-refractivity contribution >= 4 is 0 Å². The van der Waals surface area contributed by atoms with Crippen molar-refractivity contribution in [2.24, 2.45) is 5.92 Å². The SMILES string of the molecule is C[C@H](NCc1ccc2c(c1)OCO2)C1CCCC1. The Hall–Kier alpha value is -1.22. The van der Waals surface area contributed by atoms with Crippen molar-refractivity contribution in [1.82, 2.24) is 5.32 Å². The van der Waals surface area contributed by atoms with Crippen molar-refractivity contribution in [1.29, 1.82) is 0 Å². The van der Waals surface area contributed by atoms with E-state index < -0.39 is 0 Å². The van der Waals surface area contributed by atoms with Gasteiger partial charge in [0.15, 0.2) is 11.5 Å². The van der Waals surface area contributed by atoms with Gasteiger partial charge in [0.25, 0.3) is 0 Å². The number of rotatable bonds is 4. The van der Waals surface area contributed by atoms with Gasteiger partial charge in [-0.15, -0.1) is 0 Å². The molecular formula is C15H21NO2. The zero-order chi connectivity index (χ0) is 12.4. The second-order valence-electron chi connectivity index (χ2n) is 5.40. The van der Waals surface area contributed by atoms with Crippen LogP contribution in [0.4, 0.5) is 0 Å². The van der Waals surface area contributed by atoms with Crippen LogP contribution in [0.3, 0.4) is 0 Å². The van der Waals surface area contributed by atoms with Gasteiger partial charge < -0.3 is 14.8 Å². The van der Waals surface area contributed by atoms with Crippen LogP contribution in [0.2, 0.25) is 0 Å². The monoisotopic (exact) mass is 247 g/mol. The van der Waals surface area contributed by atoms with E-state index in [-0.39, 0.29) is 0 Å². The van der Waals surface area contributed by atoms with Crippen molar-refractivity contribution < 1.29 is 9.47 Å². The Balaban J connectivity index is 1.56. The molecule has 1 aromatic rings. The first-order chi connectivity index (χ1) is 8.83. The Morgan fingerprint density at radius 2 is 2.00 bits per heavy atom. The van der Waals surface area contributed by atoms with E-state index in [0.717, 1.165) is 24.0 Å². The molecule has 3 nitrogen and oxygen atoms in total. The summed E-state index contributed by atoms with van der Waals surface area (Å²) >= 11 is 0. The largest absolute Gasteiger partial charge is 0.454 e. The van der Waals surface area contributed by atoms with Gasteiger partial charge in [-0.2, -0.15) is 0 Å². The molecule has 1 N–H and O–H groups in total. The molecule has 1 atom stereocenters. The molecule has 98 valence electrons. The van der Waals surface area contributed by atoms with Crippen LogP contribution in [-0.4, -0.2) is 12.8 Å². The Kier molecular flexibility index (Phi) is 3.41. The molecule has 0 bridgehead atoms. The summed E-state index contributed by atoms with van der Waals surface area (Å²) in [4.78, 5) is 0. The highest BCUT2D eigenvalue weighted by atomic mass is 16.7. The molecule has 0 unspecified atom stereocenters. The number of hydrogen-bond donors (Lipinski definition) is 1. The van der Waals surface area contributed by atoms with Gasteiger partial charge in [0.1, 0.15) is 0 Å². The predicted molar refractivity (Wildman–Crippen MR) is 70.8 cm³/mol. The van der Waals surface area contributed by atoms with Crippen molar-refractivity contribution in [3.05, 3.63) is 23.8 Å². The van der Waals surface area contributed by atoms with E-state index >= 15 is 0 Å². The van der Waals surface area contributed by atoms with E-state index in [2.05, 4.69) is 24.4 Å². The summed E-state index contributed by atoms with van der Waals surface area (Å²) in [6.45, 7) is 3.57. The molecule has 1 aliphatic carbocycles. The minimum absolute atomic E-state index is 0.352. The number of fused-ring (bicyclic) bond motifs is 1. The lowest BCUT2D eigenvalue weighted by molar-refractivity contribution is 0.174. The van der Waals surface area contributed by atoms with Crippen molar-refractivity contribution in [3.63, 3.8) is 0 Å². The lowest BCUT2D eigenvalue weighted by atomic mass is 9.99. The van der Waals surface area contributed by atoms with Gasteiger partial charge in [0.05, 0.1) is 0 Å². The van der Waals surface area contributed by atoms with Gasteiger partial charge in [-0.25, -0.2) is 0 Å². The summed E-state index contributed by atoms with van der Waals surface area (Å²) in [5, 5.41) is 3.64. The number of nitrogens with one attached hydrogen (secondary N) is 1. The van der Waals surface area contributed by atoms with Crippen LogP contribution in [0.1, 0.15) is 38.2 Å². The molecule has 0 aromatic heterocycles. The third-order valence-electron chi connectivity index (χ3n) is 4.17. The molecule has 3 rings (SSSR count). The van der Waals surface area contributed by atoms with Crippen LogP contribution in [-0.2, 0) is 6.54 Å². The molecule has 1 fully saturated rings. The fraction of sp³-hybridized carbons (Fsp3) is 0.600.